The molecule has 0 aromatic carbocycles. The molecule has 0 rings (SSSR count). The molecule has 11 heavy (non-hydrogen) atoms. The van der Waals surface area contributed by atoms with Gasteiger partial charge in [0.1, 0.15) is 6.61 Å². The van der Waals surface area contributed by atoms with Crippen LogP contribution in [0.4, 0.5) is 0 Å². The van der Waals surface area contributed by atoms with E-state index in [2.05, 4.69) is 0 Å². The van der Waals surface area contributed by atoms with Crippen LogP contribution < -0.4 is 10.9 Å². The fraction of sp³-hybridized carbons (Fsp3) is 0.833. The van der Waals surface area contributed by atoms with E-state index in [4.69, 9.17) is 15.6 Å². The minimum atomic E-state index is -0.190. The Morgan fingerprint density at radius 1 is 1.55 bits per heavy atom. The quantitative estimate of drug-likeness (QED) is 0.337. The number of ether oxygens (including phenoxy) is 1. The maximum atomic E-state index is 10.7. The first-order valence-corrected chi connectivity index (χ1v) is 4.53. The lowest BCUT2D eigenvalue weighted by Crippen LogP contribution is -2.13. The van der Waals surface area contributed by atoms with Gasteiger partial charge >= 0.3 is 5.97 Å². The highest BCUT2D eigenvalue weighted by Crippen LogP contribution is 1.97. The van der Waals surface area contributed by atoms with E-state index in [1.54, 1.807) is 0 Å². The molecule has 0 aliphatic heterocycles. The van der Waals surface area contributed by atoms with Gasteiger partial charge in [-0.2, -0.15) is 0 Å². The summed E-state index contributed by atoms with van der Waals surface area (Å²) in [6.07, 6.45) is 1.20. The van der Waals surface area contributed by atoms with Crippen LogP contribution in [0.2, 0.25) is 0 Å². The highest BCUT2D eigenvalue weighted by atomic mass is 32.2. The molecule has 0 aliphatic rings. The Kier molecular flexibility index (Phi) is 7.66. The van der Waals surface area contributed by atoms with Crippen molar-refractivity contribution in [1.82, 2.24) is 0 Å². The standard InChI is InChI=1S/C6H14N2O2S/c7-3-4-10-6(9)2-1-5-11-8/h1-5,7-8H2. The SMILES string of the molecule is NCCOC(=O)CCCSN. The lowest BCUT2D eigenvalue weighted by molar-refractivity contribution is -0.143. The van der Waals surface area contributed by atoms with Crippen molar-refractivity contribution in [1.29, 1.82) is 0 Å². The number of rotatable bonds is 6. The third kappa shape index (κ3) is 7.64. The maximum Gasteiger partial charge on any atom is 0.305 e. The van der Waals surface area contributed by atoms with Gasteiger partial charge in [0.2, 0.25) is 0 Å². The van der Waals surface area contributed by atoms with Crippen LogP contribution in [0.25, 0.3) is 0 Å². The van der Waals surface area contributed by atoms with Crippen LogP contribution in [0.1, 0.15) is 12.8 Å². The second-order valence-corrected chi connectivity index (χ2v) is 2.73. The third-order valence-electron chi connectivity index (χ3n) is 1.02. The van der Waals surface area contributed by atoms with E-state index in [-0.39, 0.29) is 5.97 Å². The summed E-state index contributed by atoms with van der Waals surface area (Å²) in [6, 6.07) is 0. The van der Waals surface area contributed by atoms with Crippen molar-refractivity contribution in [2.75, 3.05) is 18.9 Å². The molecule has 0 unspecified atom stereocenters. The summed E-state index contributed by atoms with van der Waals surface area (Å²) in [5.74, 6) is 0.599. The minimum Gasteiger partial charge on any atom is -0.464 e. The molecule has 0 aromatic rings. The zero-order valence-corrected chi connectivity index (χ0v) is 7.23. The van der Waals surface area contributed by atoms with Gasteiger partial charge in [0, 0.05) is 18.7 Å². The maximum absolute atomic E-state index is 10.7. The lowest BCUT2D eigenvalue weighted by atomic mass is 10.3. The molecule has 0 heterocycles. The second-order valence-electron chi connectivity index (χ2n) is 1.98. The molecule has 0 aromatic heterocycles. The Hall–Kier alpha value is -0.260. The predicted octanol–water partition coefficient (Wildman–Crippen LogP) is -0.125. The summed E-state index contributed by atoms with van der Waals surface area (Å²) >= 11 is 1.23. The van der Waals surface area contributed by atoms with Crippen LogP contribution in [0.3, 0.4) is 0 Å². The number of carbonyl (C=O) groups excluding carboxylic acids is 1. The molecule has 66 valence electrons. The normalized spacial score (nSPS) is 9.64. The van der Waals surface area contributed by atoms with Crippen molar-refractivity contribution in [2.45, 2.75) is 12.8 Å². The minimum absolute atomic E-state index is 0.190. The van der Waals surface area contributed by atoms with Crippen LogP contribution in [0.15, 0.2) is 0 Å². The van der Waals surface area contributed by atoms with Crippen molar-refractivity contribution in [3.63, 3.8) is 0 Å². The highest BCUT2D eigenvalue weighted by Gasteiger charge is 2.00. The molecule has 0 bridgehead atoms. The molecule has 0 radical (unpaired) electrons. The van der Waals surface area contributed by atoms with E-state index < -0.39 is 0 Å². The fourth-order valence-electron chi connectivity index (χ4n) is 0.545. The van der Waals surface area contributed by atoms with Gasteiger partial charge in [-0.25, -0.2) is 0 Å². The first-order chi connectivity index (χ1) is 5.31. The molecule has 0 atom stereocenters. The fourth-order valence-corrected chi connectivity index (χ4v) is 0.856. The number of esters is 1. The highest BCUT2D eigenvalue weighted by molar-refractivity contribution is 7.97. The van der Waals surface area contributed by atoms with Gasteiger partial charge in [-0.3, -0.25) is 9.93 Å². The van der Waals surface area contributed by atoms with Gasteiger partial charge in [0.05, 0.1) is 0 Å². The number of hydrogen-bond donors (Lipinski definition) is 2. The Morgan fingerprint density at radius 2 is 2.27 bits per heavy atom. The summed E-state index contributed by atoms with van der Waals surface area (Å²) < 4.78 is 4.72. The third-order valence-corrected chi connectivity index (χ3v) is 1.55. The summed E-state index contributed by atoms with van der Waals surface area (Å²) in [6.45, 7) is 0.700. The number of nitrogens with two attached hydrogens (primary N) is 2. The molecule has 4 nitrogen and oxygen atoms in total. The van der Waals surface area contributed by atoms with Crippen molar-refractivity contribution in [3.05, 3.63) is 0 Å². The van der Waals surface area contributed by atoms with E-state index in [0.717, 1.165) is 12.2 Å². The van der Waals surface area contributed by atoms with Gasteiger partial charge in [0.15, 0.2) is 0 Å². The van der Waals surface area contributed by atoms with Gasteiger partial charge in [-0.1, -0.05) is 11.9 Å². The summed E-state index contributed by atoms with van der Waals surface area (Å²) in [7, 11) is 0. The summed E-state index contributed by atoms with van der Waals surface area (Å²) in [5.41, 5.74) is 5.13. The van der Waals surface area contributed by atoms with E-state index >= 15 is 0 Å². The number of hydrogen-bond acceptors (Lipinski definition) is 5. The van der Waals surface area contributed by atoms with Crippen LogP contribution in [0.5, 0.6) is 0 Å². The van der Waals surface area contributed by atoms with Crippen LogP contribution >= 0.6 is 11.9 Å². The predicted molar refractivity (Wildman–Crippen MR) is 45.9 cm³/mol. The van der Waals surface area contributed by atoms with E-state index in [1.807, 2.05) is 0 Å². The Morgan fingerprint density at radius 3 is 2.82 bits per heavy atom. The molecule has 0 saturated carbocycles. The molecule has 5 heteroatoms. The van der Waals surface area contributed by atoms with Crippen LogP contribution in [-0.2, 0) is 9.53 Å². The zero-order valence-electron chi connectivity index (χ0n) is 6.41. The van der Waals surface area contributed by atoms with Crippen molar-refractivity contribution in [3.8, 4) is 0 Å². The molecule has 0 spiro atoms. The summed E-state index contributed by atoms with van der Waals surface area (Å²) in [4.78, 5) is 10.7. The van der Waals surface area contributed by atoms with Gasteiger partial charge in [-0.05, 0) is 6.42 Å². The largest absolute Gasteiger partial charge is 0.464 e. The lowest BCUT2D eigenvalue weighted by Gasteiger charge is -2.00. The van der Waals surface area contributed by atoms with Crippen molar-refractivity contribution >= 4 is 17.9 Å². The molecular formula is C6H14N2O2S. The van der Waals surface area contributed by atoms with Crippen LogP contribution in [-0.4, -0.2) is 24.9 Å². The average molecular weight is 178 g/mol. The van der Waals surface area contributed by atoms with E-state index in [0.29, 0.717) is 19.6 Å². The smallest absolute Gasteiger partial charge is 0.305 e. The summed E-state index contributed by atoms with van der Waals surface area (Å²) in [5, 5.41) is 5.16. The molecule has 0 aliphatic carbocycles. The average Bonchev–Trinajstić information content (AvgIpc) is 2.01. The first kappa shape index (κ1) is 10.7. The Labute approximate surface area is 70.8 Å². The van der Waals surface area contributed by atoms with Gasteiger partial charge < -0.3 is 10.5 Å². The molecule has 0 amide bonds. The molecular weight excluding hydrogens is 164 g/mol. The van der Waals surface area contributed by atoms with E-state index in [1.165, 1.54) is 11.9 Å². The second kappa shape index (κ2) is 7.84. The van der Waals surface area contributed by atoms with Crippen molar-refractivity contribution in [2.24, 2.45) is 10.9 Å². The monoisotopic (exact) mass is 178 g/mol. The Bertz CT molecular complexity index is 111. The zero-order chi connectivity index (χ0) is 8.53. The van der Waals surface area contributed by atoms with Gasteiger partial charge in [0.25, 0.3) is 0 Å². The van der Waals surface area contributed by atoms with Crippen LogP contribution in [0, 0.1) is 0 Å². The van der Waals surface area contributed by atoms with Gasteiger partial charge in [-0.15, -0.1) is 0 Å². The molecule has 4 N–H and O–H groups in total. The molecule has 0 saturated heterocycles. The molecule has 0 fully saturated rings. The number of carbonyl (C=O) groups is 1. The van der Waals surface area contributed by atoms with Crippen molar-refractivity contribution < 1.29 is 9.53 Å². The van der Waals surface area contributed by atoms with E-state index in [9.17, 15) is 4.79 Å². The topological polar surface area (TPSA) is 78.3 Å². The first-order valence-electron chi connectivity index (χ1n) is 3.48. The Balaban J connectivity index is 3.09.